The molecule has 120 valence electrons. The normalized spacial score (nSPS) is 23.1. The fraction of sp³-hybridized carbons (Fsp3) is 0.611. The minimum atomic E-state index is 0.233. The van der Waals surface area contributed by atoms with Crippen molar-refractivity contribution in [3.63, 3.8) is 0 Å². The molecule has 1 aliphatic carbocycles. The van der Waals surface area contributed by atoms with Gasteiger partial charge in [-0.3, -0.25) is 9.69 Å². The van der Waals surface area contributed by atoms with E-state index >= 15 is 0 Å². The van der Waals surface area contributed by atoms with Crippen molar-refractivity contribution in [2.45, 2.75) is 44.2 Å². The van der Waals surface area contributed by atoms with E-state index in [1.165, 1.54) is 11.1 Å². The summed E-state index contributed by atoms with van der Waals surface area (Å²) in [5.41, 5.74) is 8.68. The molecule has 2 N–H and O–H groups in total. The van der Waals surface area contributed by atoms with E-state index in [2.05, 4.69) is 29.2 Å². The van der Waals surface area contributed by atoms with Crippen molar-refractivity contribution in [3.05, 3.63) is 35.4 Å². The van der Waals surface area contributed by atoms with E-state index in [-0.39, 0.29) is 11.9 Å². The molecule has 22 heavy (non-hydrogen) atoms. The van der Waals surface area contributed by atoms with E-state index in [0.29, 0.717) is 12.6 Å². The first-order valence-electron chi connectivity index (χ1n) is 8.46. The molecule has 1 heterocycles. The van der Waals surface area contributed by atoms with Crippen LogP contribution >= 0.6 is 0 Å². The summed E-state index contributed by atoms with van der Waals surface area (Å²) in [6.45, 7) is 2.42. The van der Waals surface area contributed by atoms with Gasteiger partial charge >= 0.3 is 0 Å². The third-order valence-electron chi connectivity index (χ3n) is 5.19. The van der Waals surface area contributed by atoms with Crippen LogP contribution in [0.5, 0.6) is 0 Å². The number of piperidine rings is 1. The Bertz CT molecular complexity index is 523. The highest BCUT2D eigenvalue weighted by Crippen LogP contribution is 2.33. The first kappa shape index (κ1) is 15.5. The molecule has 0 spiro atoms. The number of carbonyl (C=O) groups is 1. The van der Waals surface area contributed by atoms with Gasteiger partial charge in [-0.2, -0.15) is 0 Å². The maximum Gasteiger partial charge on any atom is 0.237 e. The van der Waals surface area contributed by atoms with Gasteiger partial charge in [-0.15, -0.1) is 0 Å². The predicted molar refractivity (Wildman–Crippen MR) is 88.5 cm³/mol. The lowest BCUT2D eigenvalue weighted by Crippen LogP contribution is -2.45. The Morgan fingerprint density at radius 3 is 2.77 bits per heavy atom. The predicted octanol–water partition coefficient (Wildman–Crippen LogP) is 1.95. The first-order chi connectivity index (χ1) is 10.6. The number of benzene rings is 1. The molecule has 3 rings (SSSR count). The lowest BCUT2D eigenvalue weighted by atomic mass is 9.87. The molecule has 1 unspecified atom stereocenters. The Morgan fingerprint density at radius 2 is 2.00 bits per heavy atom. The molecule has 1 aromatic rings. The third kappa shape index (κ3) is 3.33. The first-order valence-corrected chi connectivity index (χ1v) is 8.46. The monoisotopic (exact) mass is 301 g/mol. The van der Waals surface area contributed by atoms with Crippen LogP contribution in [0.4, 0.5) is 0 Å². The van der Waals surface area contributed by atoms with Crippen molar-refractivity contribution in [2.75, 3.05) is 26.7 Å². The summed E-state index contributed by atoms with van der Waals surface area (Å²) in [6.07, 6.45) is 5.38. The van der Waals surface area contributed by atoms with E-state index in [1.807, 2.05) is 11.9 Å². The minimum Gasteiger partial charge on any atom is -0.338 e. The quantitative estimate of drug-likeness (QED) is 0.928. The standard InChI is InChI=1S/C18H27N3O/c1-20(18(22)13-21-11-9-15(19)10-12-21)17-8-4-6-14-5-2-3-7-16(14)17/h2-3,5,7,15,17H,4,6,8-13,19H2,1H3. The summed E-state index contributed by atoms with van der Waals surface area (Å²) < 4.78 is 0. The van der Waals surface area contributed by atoms with Crippen molar-refractivity contribution in [2.24, 2.45) is 5.73 Å². The summed E-state index contributed by atoms with van der Waals surface area (Å²) in [5.74, 6) is 0.233. The van der Waals surface area contributed by atoms with Crippen molar-refractivity contribution in [1.82, 2.24) is 9.80 Å². The number of rotatable bonds is 3. The third-order valence-corrected chi connectivity index (χ3v) is 5.19. The molecule has 0 bridgehead atoms. The highest BCUT2D eigenvalue weighted by Gasteiger charge is 2.28. The highest BCUT2D eigenvalue weighted by molar-refractivity contribution is 5.78. The number of hydrogen-bond acceptors (Lipinski definition) is 3. The van der Waals surface area contributed by atoms with E-state index in [1.54, 1.807) is 0 Å². The zero-order valence-electron chi connectivity index (χ0n) is 13.5. The van der Waals surface area contributed by atoms with E-state index in [4.69, 9.17) is 5.73 Å². The number of likely N-dealkylation sites (tertiary alicyclic amines) is 1. The van der Waals surface area contributed by atoms with Crippen LogP contribution in [0.1, 0.15) is 42.9 Å². The van der Waals surface area contributed by atoms with Crippen molar-refractivity contribution in [1.29, 1.82) is 0 Å². The number of hydrogen-bond donors (Lipinski definition) is 1. The molecule has 1 aromatic carbocycles. The van der Waals surface area contributed by atoms with Gasteiger partial charge in [0.1, 0.15) is 0 Å². The van der Waals surface area contributed by atoms with Crippen LogP contribution in [-0.4, -0.2) is 48.4 Å². The molecule has 1 aliphatic heterocycles. The van der Waals surface area contributed by atoms with Crippen molar-refractivity contribution < 1.29 is 4.79 Å². The Kier molecular flexibility index (Phi) is 4.79. The number of fused-ring (bicyclic) bond motifs is 1. The van der Waals surface area contributed by atoms with Gasteiger partial charge in [-0.1, -0.05) is 24.3 Å². The molecule has 4 heteroatoms. The van der Waals surface area contributed by atoms with E-state index < -0.39 is 0 Å². The Hall–Kier alpha value is -1.39. The SMILES string of the molecule is CN(C(=O)CN1CCC(N)CC1)C1CCCc2ccccc21. The van der Waals surface area contributed by atoms with Gasteiger partial charge in [0.15, 0.2) is 0 Å². The molecule has 0 aromatic heterocycles. The largest absolute Gasteiger partial charge is 0.338 e. The molecule has 1 fully saturated rings. The van der Waals surface area contributed by atoms with Crippen LogP contribution in [0.3, 0.4) is 0 Å². The molecule has 1 saturated heterocycles. The smallest absolute Gasteiger partial charge is 0.237 e. The second-order valence-corrected chi connectivity index (χ2v) is 6.73. The van der Waals surface area contributed by atoms with Crippen LogP contribution in [0, 0.1) is 0 Å². The molecule has 1 atom stereocenters. The number of nitrogens with zero attached hydrogens (tertiary/aromatic N) is 2. The fourth-order valence-corrected chi connectivity index (χ4v) is 3.72. The van der Waals surface area contributed by atoms with Crippen LogP contribution < -0.4 is 5.73 Å². The van der Waals surface area contributed by atoms with Gasteiger partial charge in [0.05, 0.1) is 12.6 Å². The van der Waals surface area contributed by atoms with Gasteiger partial charge in [-0.05, 0) is 43.2 Å². The van der Waals surface area contributed by atoms with Gasteiger partial charge in [0.25, 0.3) is 0 Å². The van der Waals surface area contributed by atoms with Gasteiger partial charge in [0.2, 0.25) is 5.91 Å². The highest BCUT2D eigenvalue weighted by atomic mass is 16.2. The summed E-state index contributed by atoms with van der Waals surface area (Å²) >= 11 is 0. The number of amides is 1. The summed E-state index contributed by atoms with van der Waals surface area (Å²) in [4.78, 5) is 16.9. The molecular weight excluding hydrogens is 274 g/mol. The molecule has 4 nitrogen and oxygen atoms in total. The number of nitrogens with two attached hydrogens (primary N) is 1. The molecule has 1 amide bonds. The lowest BCUT2D eigenvalue weighted by Gasteiger charge is -2.36. The number of carbonyl (C=O) groups excluding carboxylic acids is 1. The lowest BCUT2D eigenvalue weighted by molar-refractivity contribution is -0.133. The maximum atomic E-state index is 12.7. The zero-order chi connectivity index (χ0) is 15.5. The van der Waals surface area contributed by atoms with Gasteiger partial charge in [0, 0.05) is 26.2 Å². The fourth-order valence-electron chi connectivity index (χ4n) is 3.72. The van der Waals surface area contributed by atoms with Crippen LogP contribution in [-0.2, 0) is 11.2 Å². The average Bonchev–Trinajstić information content (AvgIpc) is 2.55. The number of aryl methyl sites for hydroxylation is 1. The zero-order valence-corrected chi connectivity index (χ0v) is 13.5. The topological polar surface area (TPSA) is 49.6 Å². The van der Waals surface area contributed by atoms with Crippen LogP contribution in [0.25, 0.3) is 0 Å². The summed E-state index contributed by atoms with van der Waals surface area (Å²) in [6, 6.07) is 9.12. The molecule has 0 radical (unpaired) electrons. The second kappa shape index (κ2) is 6.80. The second-order valence-electron chi connectivity index (χ2n) is 6.73. The number of likely N-dealkylation sites (N-methyl/N-ethyl adjacent to an activating group) is 1. The molecule has 0 saturated carbocycles. The van der Waals surface area contributed by atoms with Crippen LogP contribution in [0.2, 0.25) is 0 Å². The van der Waals surface area contributed by atoms with Crippen LogP contribution in [0.15, 0.2) is 24.3 Å². The minimum absolute atomic E-state index is 0.233. The Labute approximate surface area is 133 Å². The molecule has 2 aliphatic rings. The maximum absolute atomic E-state index is 12.7. The Morgan fingerprint density at radius 1 is 1.27 bits per heavy atom. The van der Waals surface area contributed by atoms with Crippen molar-refractivity contribution in [3.8, 4) is 0 Å². The molecular formula is C18H27N3O. The van der Waals surface area contributed by atoms with Crippen molar-refractivity contribution >= 4 is 5.91 Å². The van der Waals surface area contributed by atoms with Gasteiger partial charge in [-0.25, -0.2) is 0 Å². The summed E-state index contributed by atoms with van der Waals surface area (Å²) in [7, 11) is 1.96. The van der Waals surface area contributed by atoms with E-state index in [9.17, 15) is 4.79 Å². The van der Waals surface area contributed by atoms with E-state index in [0.717, 1.165) is 45.2 Å². The van der Waals surface area contributed by atoms with Gasteiger partial charge < -0.3 is 10.6 Å². The summed E-state index contributed by atoms with van der Waals surface area (Å²) in [5, 5.41) is 0. The Balaban J connectivity index is 1.64. The average molecular weight is 301 g/mol.